The molecular weight excluding hydrogens is 501 g/mol. The van der Waals surface area contributed by atoms with Crippen molar-refractivity contribution < 1.29 is 36.0 Å². The predicted octanol–water partition coefficient (Wildman–Crippen LogP) is 5.73. The van der Waals surface area contributed by atoms with Gasteiger partial charge in [0.1, 0.15) is 5.69 Å². The molecule has 4 aromatic rings. The van der Waals surface area contributed by atoms with E-state index in [4.69, 9.17) is 23.2 Å². The molecule has 14 heteroatoms. The molecule has 0 aliphatic heterocycles. The van der Waals surface area contributed by atoms with Crippen molar-refractivity contribution in [3.63, 3.8) is 0 Å². The fraction of sp³-hybridized carbons (Fsp3) is 0.105. The summed E-state index contributed by atoms with van der Waals surface area (Å²) in [7, 11) is 0. The maximum Gasteiger partial charge on any atom is 0.493 e. The lowest BCUT2D eigenvalue weighted by Crippen LogP contribution is -2.33. The zero-order valence-corrected chi connectivity index (χ0v) is 17.3. The first-order chi connectivity index (χ1) is 15.4. The lowest BCUT2D eigenvalue weighted by atomic mass is 10.1. The Morgan fingerprint density at radius 2 is 1.70 bits per heavy atom. The Hall–Kier alpha value is -3.25. The summed E-state index contributed by atoms with van der Waals surface area (Å²) in [5, 5.41) is 3.80. The highest BCUT2D eigenvalue weighted by atomic mass is 35.5. The number of benzene rings is 1. The summed E-state index contributed by atoms with van der Waals surface area (Å²) in [6, 6.07) is 4.32. The third-order valence-electron chi connectivity index (χ3n) is 4.43. The molecule has 0 aliphatic carbocycles. The zero-order chi connectivity index (χ0) is 24.1. The van der Waals surface area contributed by atoms with Crippen LogP contribution in [-0.2, 0) is 11.0 Å². The molecule has 0 bridgehead atoms. The van der Waals surface area contributed by atoms with Gasteiger partial charge in [0.2, 0.25) is 0 Å². The molecule has 0 radical (unpaired) electrons. The number of carbonyl (C=O) groups is 1. The average molecular weight is 509 g/mol. The number of carbonyl (C=O) groups excluding carboxylic acids is 1. The van der Waals surface area contributed by atoms with E-state index in [0.717, 1.165) is 10.9 Å². The van der Waals surface area contributed by atoms with Crippen LogP contribution in [0.25, 0.3) is 27.8 Å². The van der Waals surface area contributed by atoms with E-state index in [-0.39, 0.29) is 21.4 Å². The first kappa shape index (κ1) is 22.9. The number of fused-ring (bicyclic) bond motifs is 1. The molecule has 0 saturated heterocycles. The predicted molar refractivity (Wildman–Crippen MR) is 105 cm³/mol. The number of alkyl halides is 6. The van der Waals surface area contributed by atoms with Crippen molar-refractivity contribution >= 4 is 40.2 Å². The number of nitrogens with zero attached hydrogens (tertiary/aromatic N) is 4. The van der Waals surface area contributed by atoms with Crippen LogP contribution in [0.4, 0.5) is 26.3 Å². The van der Waals surface area contributed by atoms with Gasteiger partial charge in [0, 0.05) is 29.5 Å². The molecule has 0 amide bonds. The SMILES string of the molecule is O=C(On1ccc2c(-c3cnn(-c4c(Cl)cc(C(F)(F)F)cc4Cl)c3)ccnc21)C(F)(F)F. The van der Waals surface area contributed by atoms with Crippen LogP contribution in [0.3, 0.4) is 0 Å². The lowest BCUT2D eigenvalue weighted by molar-refractivity contribution is -0.199. The van der Waals surface area contributed by atoms with Crippen molar-refractivity contribution in [1.82, 2.24) is 19.5 Å². The van der Waals surface area contributed by atoms with E-state index in [1.807, 2.05) is 0 Å². The third-order valence-corrected chi connectivity index (χ3v) is 5.01. The van der Waals surface area contributed by atoms with Gasteiger partial charge in [-0.2, -0.15) is 36.2 Å². The number of hydrogen-bond acceptors (Lipinski definition) is 4. The number of halogens is 8. The van der Waals surface area contributed by atoms with Crippen molar-refractivity contribution in [3.8, 4) is 16.8 Å². The average Bonchev–Trinajstić information content (AvgIpc) is 3.33. The molecule has 0 fully saturated rings. The Morgan fingerprint density at radius 3 is 2.30 bits per heavy atom. The van der Waals surface area contributed by atoms with Gasteiger partial charge in [-0.25, -0.2) is 14.5 Å². The summed E-state index contributed by atoms with van der Waals surface area (Å²) in [5.74, 6) is -2.42. The Morgan fingerprint density at radius 1 is 1.03 bits per heavy atom. The van der Waals surface area contributed by atoms with Crippen molar-refractivity contribution in [2.75, 3.05) is 0 Å². The number of rotatable bonds is 3. The van der Waals surface area contributed by atoms with Crippen LogP contribution in [0.15, 0.2) is 49.1 Å². The van der Waals surface area contributed by atoms with E-state index in [2.05, 4.69) is 14.9 Å². The van der Waals surface area contributed by atoms with Gasteiger partial charge in [-0.15, -0.1) is 0 Å². The summed E-state index contributed by atoms with van der Waals surface area (Å²) in [6.07, 6.45) is -4.74. The van der Waals surface area contributed by atoms with Crippen LogP contribution >= 0.6 is 23.2 Å². The number of hydrogen-bond donors (Lipinski definition) is 0. The van der Waals surface area contributed by atoms with E-state index in [9.17, 15) is 31.1 Å². The highest BCUT2D eigenvalue weighted by Crippen LogP contribution is 2.38. The van der Waals surface area contributed by atoms with Gasteiger partial charge < -0.3 is 4.84 Å². The highest BCUT2D eigenvalue weighted by Gasteiger charge is 2.42. The molecular formula is C19H8Cl2F6N4O2. The van der Waals surface area contributed by atoms with Crippen LogP contribution in [0.5, 0.6) is 0 Å². The molecule has 4 rings (SSSR count). The summed E-state index contributed by atoms with van der Waals surface area (Å²) in [5.41, 5.74) is -0.260. The minimum absolute atomic E-state index is 0.000407. The Labute approximate surface area is 189 Å². The molecule has 172 valence electrons. The quantitative estimate of drug-likeness (QED) is 0.331. The summed E-state index contributed by atoms with van der Waals surface area (Å²) < 4.78 is 78.1. The monoisotopic (exact) mass is 508 g/mol. The minimum Gasteiger partial charge on any atom is -0.326 e. The fourth-order valence-corrected chi connectivity index (χ4v) is 3.67. The van der Waals surface area contributed by atoms with E-state index in [1.165, 1.54) is 30.7 Å². The summed E-state index contributed by atoms with van der Waals surface area (Å²) in [4.78, 5) is 19.4. The van der Waals surface area contributed by atoms with Crippen LogP contribution in [0.1, 0.15) is 5.56 Å². The van der Waals surface area contributed by atoms with Crippen molar-refractivity contribution in [2.24, 2.45) is 0 Å². The molecule has 0 N–H and O–H groups in total. The van der Waals surface area contributed by atoms with Crippen molar-refractivity contribution in [1.29, 1.82) is 0 Å². The Bertz CT molecular complexity index is 1350. The maximum absolute atomic E-state index is 13.0. The molecule has 33 heavy (non-hydrogen) atoms. The van der Waals surface area contributed by atoms with Crippen LogP contribution in [-0.4, -0.2) is 31.6 Å². The standard InChI is InChI=1S/C19H8Cl2F6N4O2/c20-13-5-10(18(22,23)24)6-14(21)15(13)30-8-9(7-29-30)11-1-3-28-16-12(11)2-4-31(16)33-17(32)19(25,26)27/h1-8H. The Balaban J connectivity index is 1.73. The van der Waals surface area contributed by atoms with E-state index in [0.29, 0.717) is 33.4 Å². The lowest BCUT2D eigenvalue weighted by Gasteiger charge is -2.12. The Kier molecular flexibility index (Phi) is 5.53. The fourth-order valence-electron chi connectivity index (χ4n) is 3.01. The first-order valence-corrected chi connectivity index (χ1v) is 9.49. The second-order valence-electron chi connectivity index (χ2n) is 6.57. The highest BCUT2D eigenvalue weighted by molar-refractivity contribution is 6.37. The second kappa shape index (κ2) is 7.96. The van der Waals surface area contributed by atoms with Crippen LogP contribution in [0.2, 0.25) is 10.0 Å². The van der Waals surface area contributed by atoms with Gasteiger partial charge in [-0.3, -0.25) is 0 Å². The molecule has 0 saturated carbocycles. The molecule has 0 atom stereocenters. The summed E-state index contributed by atoms with van der Waals surface area (Å²) in [6.45, 7) is 0. The van der Waals surface area contributed by atoms with Gasteiger partial charge in [-0.05, 0) is 29.8 Å². The maximum atomic E-state index is 13.0. The molecule has 3 aromatic heterocycles. The molecule has 1 aromatic carbocycles. The second-order valence-corrected chi connectivity index (χ2v) is 7.39. The van der Waals surface area contributed by atoms with Gasteiger partial charge in [0.25, 0.3) is 0 Å². The number of pyridine rings is 1. The zero-order valence-electron chi connectivity index (χ0n) is 15.7. The first-order valence-electron chi connectivity index (χ1n) is 8.73. The number of aromatic nitrogens is 4. The normalized spacial score (nSPS) is 12.4. The summed E-state index contributed by atoms with van der Waals surface area (Å²) >= 11 is 12.0. The van der Waals surface area contributed by atoms with Crippen LogP contribution < -0.4 is 4.84 Å². The van der Waals surface area contributed by atoms with Gasteiger partial charge in [0.15, 0.2) is 5.65 Å². The van der Waals surface area contributed by atoms with Crippen LogP contribution in [0, 0.1) is 0 Å². The molecule has 6 nitrogen and oxygen atoms in total. The van der Waals surface area contributed by atoms with Gasteiger partial charge >= 0.3 is 18.3 Å². The van der Waals surface area contributed by atoms with Gasteiger partial charge in [-0.1, -0.05) is 23.2 Å². The van der Waals surface area contributed by atoms with Crippen molar-refractivity contribution in [2.45, 2.75) is 12.4 Å². The van der Waals surface area contributed by atoms with Gasteiger partial charge in [0.05, 0.1) is 21.8 Å². The molecule has 0 aliphatic rings. The van der Waals surface area contributed by atoms with Crippen molar-refractivity contribution in [3.05, 3.63) is 64.7 Å². The third kappa shape index (κ3) is 4.35. The smallest absolute Gasteiger partial charge is 0.326 e. The largest absolute Gasteiger partial charge is 0.493 e. The van der Waals surface area contributed by atoms with E-state index >= 15 is 0 Å². The van der Waals surface area contributed by atoms with E-state index in [1.54, 1.807) is 0 Å². The van der Waals surface area contributed by atoms with E-state index < -0.39 is 23.9 Å². The topological polar surface area (TPSA) is 61.9 Å². The molecule has 3 heterocycles. The minimum atomic E-state index is -5.20. The molecule has 0 unspecified atom stereocenters. The molecule has 0 spiro atoms.